The molecule has 0 fully saturated rings. The van der Waals surface area contributed by atoms with E-state index in [0.717, 1.165) is 17.3 Å². The van der Waals surface area contributed by atoms with Crippen LogP contribution in [0.15, 0.2) is 59.1 Å². The largest absolute Gasteiger partial charge is 0.463 e. The molecule has 0 aromatic heterocycles. The van der Waals surface area contributed by atoms with Gasteiger partial charge in [-0.2, -0.15) is 0 Å². The summed E-state index contributed by atoms with van der Waals surface area (Å²) in [5.74, 6) is -1.97. The normalized spacial score (nSPS) is 17.4. The fraction of sp³-hybridized carbons (Fsp3) is 0.227. The van der Waals surface area contributed by atoms with Crippen molar-refractivity contribution in [3.63, 3.8) is 0 Å². The minimum absolute atomic E-state index is 0.131. The minimum atomic E-state index is -0.880. The van der Waals surface area contributed by atoms with E-state index in [0.29, 0.717) is 5.56 Å². The number of non-ortho nitro benzene ring substituents is 1. The Balaban J connectivity index is 1.78. The average molecular weight is 471 g/mol. The monoisotopic (exact) mass is 470 g/mol. The summed E-state index contributed by atoms with van der Waals surface area (Å²) in [7, 11) is 0. The number of benzene rings is 2. The third kappa shape index (κ3) is 5.50. The van der Waals surface area contributed by atoms with Crippen LogP contribution in [-0.2, 0) is 14.3 Å². The molecule has 0 bridgehead atoms. The van der Waals surface area contributed by atoms with E-state index in [4.69, 9.17) is 10.5 Å². The number of nitrogens with two attached hydrogens (primary N) is 1. The van der Waals surface area contributed by atoms with Crippen LogP contribution < -0.4 is 16.4 Å². The Morgan fingerprint density at radius 1 is 1.12 bits per heavy atom. The minimum Gasteiger partial charge on any atom is -0.463 e. The molecule has 0 radical (unpaired) electrons. The maximum absolute atomic E-state index is 13.0. The molecule has 11 heteroatoms. The number of carbonyl (C=O) groups excluding carboxylic acids is 3. The van der Waals surface area contributed by atoms with Gasteiger partial charge in [0.25, 0.3) is 5.69 Å². The molecule has 4 N–H and O–H groups in total. The molecule has 172 valence electrons. The Morgan fingerprint density at radius 2 is 1.76 bits per heavy atom. The number of ether oxygens (including phenoxy) is 1. The Labute approximate surface area is 193 Å². The highest BCUT2D eigenvalue weighted by molar-refractivity contribution is 8.04. The van der Waals surface area contributed by atoms with Gasteiger partial charge in [0.05, 0.1) is 22.1 Å². The van der Waals surface area contributed by atoms with Gasteiger partial charge < -0.3 is 15.8 Å². The zero-order chi connectivity index (χ0) is 24.1. The lowest BCUT2D eigenvalue weighted by Gasteiger charge is -2.21. The van der Waals surface area contributed by atoms with Gasteiger partial charge in [-0.05, 0) is 31.5 Å². The van der Waals surface area contributed by atoms with Crippen LogP contribution in [0, 0.1) is 17.0 Å². The second-order valence-electron chi connectivity index (χ2n) is 7.17. The predicted molar refractivity (Wildman–Crippen MR) is 123 cm³/mol. The maximum atomic E-state index is 13.0. The number of anilines is 1. The molecule has 3 amide bonds. The first-order valence-corrected chi connectivity index (χ1v) is 10.9. The summed E-state index contributed by atoms with van der Waals surface area (Å²) in [6.07, 6.45) is 0. The smallest absolute Gasteiger partial charge is 0.337 e. The van der Waals surface area contributed by atoms with Crippen LogP contribution in [0.4, 0.5) is 16.2 Å². The van der Waals surface area contributed by atoms with Gasteiger partial charge in [0.2, 0.25) is 5.91 Å². The summed E-state index contributed by atoms with van der Waals surface area (Å²) in [6, 6.07) is 11.6. The number of nitrogens with one attached hydrogen (secondary N) is 2. The van der Waals surface area contributed by atoms with Crippen molar-refractivity contribution in [3.05, 3.63) is 80.4 Å². The van der Waals surface area contributed by atoms with Gasteiger partial charge >= 0.3 is 12.0 Å². The van der Waals surface area contributed by atoms with E-state index in [2.05, 4.69) is 10.6 Å². The van der Waals surface area contributed by atoms with Gasteiger partial charge in [0.1, 0.15) is 5.25 Å². The predicted octanol–water partition coefficient (Wildman–Crippen LogP) is 3.18. The third-order valence-corrected chi connectivity index (χ3v) is 6.11. The van der Waals surface area contributed by atoms with Crippen molar-refractivity contribution in [2.75, 3.05) is 11.9 Å². The number of nitro benzene ring substituents is 1. The Hall–Kier alpha value is -3.86. The van der Waals surface area contributed by atoms with Crippen molar-refractivity contribution < 1.29 is 24.0 Å². The van der Waals surface area contributed by atoms with Crippen molar-refractivity contribution in [3.8, 4) is 0 Å². The van der Waals surface area contributed by atoms with Crippen LogP contribution in [0.5, 0.6) is 0 Å². The van der Waals surface area contributed by atoms with Gasteiger partial charge in [-0.15, -0.1) is 0 Å². The van der Waals surface area contributed by atoms with Crippen LogP contribution in [0.3, 0.4) is 0 Å². The van der Waals surface area contributed by atoms with E-state index in [1.54, 1.807) is 19.1 Å². The summed E-state index contributed by atoms with van der Waals surface area (Å²) in [5, 5.41) is 14.7. The summed E-state index contributed by atoms with van der Waals surface area (Å²) >= 11 is 0.986. The summed E-state index contributed by atoms with van der Waals surface area (Å²) < 4.78 is 5.14. The fourth-order valence-electron chi connectivity index (χ4n) is 3.34. The molecule has 2 atom stereocenters. The fourth-order valence-corrected chi connectivity index (χ4v) is 4.55. The molecule has 0 saturated carbocycles. The molecule has 1 heterocycles. The number of carbonyl (C=O) groups is 3. The van der Waals surface area contributed by atoms with E-state index in [1.807, 2.05) is 19.1 Å². The van der Waals surface area contributed by atoms with Gasteiger partial charge in [0, 0.05) is 23.7 Å². The third-order valence-electron chi connectivity index (χ3n) is 4.90. The number of esters is 1. The Morgan fingerprint density at radius 3 is 2.33 bits per heavy atom. The van der Waals surface area contributed by atoms with Crippen LogP contribution in [0.25, 0.3) is 0 Å². The van der Waals surface area contributed by atoms with Gasteiger partial charge in [-0.25, -0.2) is 9.59 Å². The standard InChI is InChI=1S/C22H22N4O6S/c1-3-32-21(28)17-16(13-6-4-12(2)5-7-13)18(33-19(17)23)20(27)25-22(29)24-14-8-10-15(11-9-14)26(30)31/h4-11,16,18H,3,23H2,1-2H3,(H2,24,25,27,29). The number of imide groups is 1. The first-order valence-electron chi connectivity index (χ1n) is 9.97. The zero-order valence-corrected chi connectivity index (χ0v) is 18.7. The van der Waals surface area contributed by atoms with Crippen LogP contribution >= 0.6 is 11.8 Å². The summed E-state index contributed by atoms with van der Waals surface area (Å²) in [4.78, 5) is 48.1. The second-order valence-corrected chi connectivity index (χ2v) is 8.36. The van der Waals surface area contributed by atoms with E-state index in [1.165, 1.54) is 24.3 Å². The number of aryl methyl sites for hydroxylation is 1. The molecule has 33 heavy (non-hydrogen) atoms. The quantitative estimate of drug-likeness (QED) is 0.330. The van der Waals surface area contributed by atoms with E-state index >= 15 is 0 Å². The molecule has 0 saturated heterocycles. The van der Waals surface area contributed by atoms with Gasteiger partial charge in [-0.3, -0.25) is 20.2 Å². The molecule has 0 spiro atoms. The zero-order valence-electron chi connectivity index (χ0n) is 17.9. The number of thioether (sulfide) groups is 1. The van der Waals surface area contributed by atoms with Gasteiger partial charge in [0.15, 0.2) is 0 Å². The number of urea groups is 1. The SMILES string of the molecule is CCOC(=O)C1=C(N)SC(C(=O)NC(=O)Nc2ccc([N+](=O)[O-])cc2)C1c1ccc(C)cc1. The topological polar surface area (TPSA) is 154 Å². The number of rotatable bonds is 6. The molecule has 10 nitrogen and oxygen atoms in total. The molecular weight excluding hydrogens is 448 g/mol. The van der Waals surface area contributed by atoms with E-state index in [9.17, 15) is 24.5 Å². The van der Waals surface area contributed by atoms with Crippen LogP contribution in [-0.4, -0.2) is 34.7 Å². The van der Waals surface area contributed by atoms with Crippen LogP contribution in [0.2, 0.25) is 0 Å². The highest BCUT2D eigenvalue weighted by atomic mass is 32.2. The van der Waals surface area contributed by atoms with Crippen molar-refractivity contribution in [1.29, 1.82) is 0 Å². The Bertz CT molecular complexity index is 1110. The number of nitrogens with zero attached hydrogens (tertiary/aromatic N) is 1. The first-order chi connectivity index (χ1) is 15.7. The number of nitro groups is 1. The highest BCUT2D eigenvalue weighted by Gasteiger charge is 2.44. The van der Waals surface area contributed by atoms with Crippen molar-refractivity contribution in [1.82, 2.24) is 5.32 Å². The maximum Gasteiger partial charge on any atom is 0.337 e. The van der Waals surface area contributed by atoms with E-state index in [-0.39, 0.29) is 28.6 Å². The van der Waals surface area contributed by atoms with Crippen LogP contribution in [0.1, 0.15) is 24.0 Å². The molecule has 2 unspecified atom stereocenters. The number of hydrogen-bond acceptors (Lipinski definition) is 8. The summed E-state index contributed by atoms with van der Waals surface area (Å²) in [6.45, 7) is 3.73. The second kappa shape index (κ2) is 10.2. The van der Waals surface area contributed by atoms with Crippen molar-refractivity contribution in [2.24, 2.45) is 5.73 Å². The molecule has 2 aromatic rings. The molecule has 2 aromatic carbocycles. The summed E-state index contributed by atoms with van der Waals surface area (Å²) in [5.41, 5.74) is 8.10. The lowest BCUT2D eigenvalue weighted by molar-refractivity contribution is -0.384. The van der Waals surface area contributed by atoms with Gasteiger partial charge in [-0.1, -0.05) is 41.6 Å². The molecular formula is C22H22N4O6S. The lowest BCUT2D eigenvalue weighted by Crippen LogP contribution is -2.41. The number of amides is 3. The van der Waals surface area contributed by atoms with E-state index < -0.39 is 34.0 Å². The molecule has 0 aliphatic carbocycles. The Kier molecular flexibility index (Phi) is 7.34. The first kappa shape index (κ1) is 23.8. The lowest BCUT2D eigenvalue weighted by atomic mass is 9.87. The molecule has 1 aliphatic heterocycles. The highest BCUT2D eigenvalue weighted by Crippen LogP contribution is 2.46. The molecule has 1 aliphatic rings. The number of hydrogen-bond donors (Lipinski definition) is 3. The van der Waals surface area contributed by atoms with Crippen molar-refractivity contribution in [2.45, 2.75) is 25.0 Å². The average Bonchev–Trinajstić information content (AvgIpc) is 3.12. The van der Waals surface area contributed by atoms with Crippen molar-refractivity contribution >= 4 is 41.0 Å². The molecule has 3 rings (SSSR count).